The van der Waals surface area contributed by atoms with Gasteiger partial charge in [0, 0.05) is 5.56 Å². The van der Waals surface area contributed by atoms with Crippen molar-refractivity contribution in [3.05, 3.63) is 46.2 Å². The number of fused-ring (bicyclic) bond motifs is 1. The first-order valence-corrected chi connectivity index (χ1v) is 5.86. The average molecular weight is 256 g/mol. The Bertz CT molecular complexity index is 682. The van der Waals surface area contributed by atoms with Crippen molar-refractivity contribution >= 4 is 5.97 Å². The highest BCUT2D eigenvalue weighted by Crippen LogP contribution is 2.22. The van der Waals surface area contributed by atoms with Crippen molar-refractivity contribution in [3.63, 3.8) is 0 Å². The molecule has 0 saturated carbocycles. The number of nitrogens with zero attached hydrogens (tertiary/aromatic N) is 2. The number of aromatic nitrogens is 1. The van der Waals surface area contributed by atoms with Crippen molar-refractivity contribution in [2.45, 2.75) is 13.5 Å². The molecule has 0 N–H and O–H groups in total. The fraction of sp³-hybridized carbons (Fsp3) is 0.214. The molecule has 2 aliphatic rings. The van der Waals surface area contributed by atoms with Gasteiger partial charge < -0.3 is 4.74 Å². The molecule has 1 aliphatic heterocycles. The Kier molecular flexibility index (Phi) is 3.62. The molecule has 1 heterocycles. The minimum absolute atomic E-state index is 0.0514. The lowest BCUT2D eigenvalue weighted by molar-refractivity contribution is -0.143. The van der Waals surface area contributed by atoms with Crippen molar-refractivity contribution in [2.75, 3.05) is 6.61 Å². The van der Waals surface area contributed by atoms with E-state index >= 15 is 0 Å². The number of esters is 1. The maximum absolute atomic E-state index is 12.1. The van der Waals surface area contributed by atoms with Gasteiger partial charge in [-0.2, -0.15) is 5.26 Å². The van der Waals surface area contributed by atoms with Crippen LogP contribution in [-0.4, -0.2) is 17.1 Å². The molecule has 19 heavy (non-hydrogen) atoms. The van der Waals surface area contributed by atoms with E-state index in [1.165, 1.54) is 4.57 Å². The van der Waals surface area contributed by atoms with Gasteiger partial charge in [0.05, 0.1) is 12.3 Å². The molecule has 5 heteroatoms. The van der Waals surface area contributed by atoms with E-state index in [-0.39, 0.29) is 18.7 Å². The van der Waals surface area contributed by atoms with Crippen LogP contribution in [0.5, 0.6) is 0 Å². The highest BCUT2D eigenvalue weighted by molar-refractivity contribution is 5.74. The van der Waals surface area contributed by atoms with E-state index in [9.17, 15) is 9.59 Å². The van der Waals surface area contributed by atoms with E-state index in [1.54, 1.807) is 37.3 Å². The lowest BCUT2D eigenvalue weighted by Crippen LogP contribution is -2.23. The molecular formula is C14H12N2O3. The van der Waals surface area contributed by atoms with Crippen molar-refractivity contribution < 1.29 is 9.53 Å². The van der Waals surface area contributed by atoms with Crippen LogP contribution in [0.25, 0.3) is 11.3 Å². The van der Waals surface area contributed by atoms with E-state index in [1.807, 2.05) is 6.07 Å². The second-order valence-corrected chi connectivity index (χ2v) is 3.89. The molecule has 0 atom stereocenters. The van der Waals surface area contributed by atoms with E-state index in [4.69, 9.17) is 10.00 Å². The van der Waals surface area contributed by atoms with Crippen LogP contribution in [-0.2, 0) is 16.1 Å². The van der Waals surface area contributed by atoms with Crippen LogP contribution in [0, 0.1) is 11.3 Å². The summed E-state index contributed by atoms with van der Waals surface area (Å²) < 4.78 is 6.10. The van der Waals surface area contributed by atoms with Crippen LogP contribution in [0.4, 0.5) is 0 Å². The van der Waals surface area contributed by atoms with Gasteiger partial charge in [0.1, 0.15) is 18.2 Å². The normalized spacial score (nSPS) is 10.1. The molecule has 0 amide bonds. The van der Waals surface area contributed by atoms with Crippen molar-refractivity contribution in [2.24, 2.45) is 0 Å². The molecular weight excluding hydrogens is 244 g/mol. The van der Waals surface area contributed by atoms with Gasteiger partial charge in [0.2, 0.25) is 0 Å². The third-order valence-corrected chi connectivity index (χ3v) is 2.74. The Hall–Kier alpha value is -2.61. The predicted octanol–water partition coefficient (Wildman–Crippen LogP) is 1.39. The van der Waals surface area contributed by atoms with Crippen LogP contribution in [0.3, 0.4) is 0 Å². The number of hydrogen-bond donors (Lipinski definition) is 0. The summed E-state index contributed by atoms with van der Waals surface area (Å²) in [5.41, 5.74) is 0.689. The lowest BCUT2D eigenvalue weighted by atomic mass is 10.1. The number of nitriles is 1. The molecule has 1 aliphatic carbocycles. The second-order valence-electron chi connectivity index (χ2n) is 3.89. The Morgan fingerprint density at radius 2 is 2.11 bits per heavy atom. The van der Waals surface area contributed by atoms with Crippen LogP contribution >= 0.6 is 0 Å². The number of ether oxygens (including phenoxy) is 1. The summed E-state index contributed by atoms with van der Waals surface area (Å²) in [6.45, 7) is 1.77. The summed E-state index contributed by atoms with van der Waals surface area (Å²) in [7, 11) is 0. The number of hydrogen-bond acceptors (Lipinski definition) is 4. The lowest BCUT2D eigenvalue weighted by Gasteiger charge is -2.04. The first-order chi connectivity index (χ1) is 9.19. The number of carbonyl (C=O) groups is 1. The first-order valence-electron chi connectivity index (χ1n) is 5.86. The second kappa shape index (κ2) is 5.36. The van der Waals surface area contributed by atoms with Gasteiger partial charge in [-0.3, -0.25) is 14.2 Å². The third-order valence-electron chi connectivity index (χ3n) is 2.74. The zero-order valence-electron chi connectivity index (χ0n) is 10.4. The summed E-state index contributed by atoms with van der Waals surface area (Å²) in [5, 5.41) is 9.07. The van der Waals surface area contributed by atoms with E-state index < -0.39 is 11.5 Å². The molecule has 0 unspecified atom stereocenters. The monoisotopic (exact) mass is 256 g/mol. The zero-order chi connectivity index (χ0) is 13.8. The Morgan fingerprint density at radius 1 is 1.37 bits per heavy atom. The molecule has 0 bridgehead atoms. The molecule has 0 aromatic rings. The van der Waals surface area contributed by atoms with Gasteiger partial charge >= 0.3 is 5.97 Å². The molecule has 96 valence electrons. The van der Waals surface area contributed by atoms with Crippen molar-refractivity contribution in [1.29, 1.82) is 5.26 Å². The van der Waals surface area contributed by atoms with Crippen LogP contribution in [0.2, 0.25) is 0 Å². The first kappa shape index (κ1) is 12.8. The van der Waals surface area contributed by atoms with E-state index in [0.717, 1.165) is 0 Å². The molecule has 0 spiro atoms. The fourth-order valence-corrected chi connectivity index (χ4v) is 1.94. The summed E-state index contributed by atoms with van der Waals surface area (Å²) >= 11 is 0. The van der Waals surface area contributed by atoms with Crippen LogP contribution in [0.15, 0.2) is 35.1 Å². The average Bonchev–Trinajstić information content (AvgIpc) is 2.57. The third kappa shape index (κ3) is 2.33. The standard InChI is InChI=1S/C14H12N2O3/c1-2-19-13(17)9-16-12-7-5-3-4-6-10(12)11(8-15)14(16)18/h3-7H,2,9H2,1H3. The summed E-state index contributed by atoms with van der Waals surface area (Å²) in [6, 6.07) is 10.6. The molecule has 5 nitrogen and oxygen atoms in total. The van der Waals surface area contributed by atoms with Crippen molar-refractivity contribution in [3.8, 4) is 17.3 Å². The van der Waals surface area contributed by atoms with Crippen molar-refractivity contribution in [1.82, 2.24) is 4.57 Å². The SMILES string of the molecule is CCOC(=O)Cn1c2cccccc-2c(C#N)c1=O. The Labute approximate surface area is 110 Å². The van der Waals surface area contributed by atoms with Gasteiger partial charge in [-0.1, -0.05) is 24.3 Å². The topological polar surface area (TPSA) is 72.1 Å². The highest BCUT2D eigenvalue weighted by atomic mass is 16.5. The fourth-order valence-electron chi connectivity index (χ4n) is 1.94. The number of rotatable bonds is 3. The van der Waals surface area contributed by atoms with E-state index in [2.05, 4.69) is 0 Å². The van der Waals surface area contributed by atoms with Gasteiger partial charge in [0.25, 0.3) is 5.56 Å². The maximum Gasteiger partial charge on any atom is 0.326 e. The molecule has 0 fully saturated rings. The molecule has 0 saturated heterocycles. The van der Waals surface area contributed by atoms with Gasteiger partial charge in [0.15, 0.2) is 0 Å². The minimum Gasteiger partial charge on any atom is -0.465 e. The zero-order valence-corrected chi connectivity index (χ0v) is 10.4. The van der Waals surface area contributed by atoms with Gasteiger partial charge in [-0.15, -0.1) is 0 Å². The summed E-state index contributed by atoms with van der Waals surface area (Å²) in [5.74, 6) is -0.493. The maximum atomic E-state index is 12.1. The smallest absolute Gasteiger partial charge is 0.326 e. The molecule has 0 radical (unpaired) electrons. The molecule has 2 rings (SSSR count). The number of carbonyl (C=O) groups excluding carboxylic acids is 1. The van der Waals surface area contributed by atoms with Gasteiger partial charge in [-0.25, -0.2) is 0 Å². The molecule has 0 aromatic heterocycles. The minimum atomic E-state index is -0.493. The quantitative estimate of drug-likeness (QED) is 0.778. The summed E-state index contributed by atoms with van der Waals surface area (Å²) in [4.78, 5) is 23.6. The highest BCUT2D eigenvalue weighted by Gasteiger charge is 2.20. The predicted molar refractivity (Wildman–Crippen MR) is 68.7 cm³/mol. The van der Waals surface area contributed by atoms with Gasteiger partial charge in [-0.05, 0) is 13.0 Å². The van der Waals surface area contributed by atoms with E-state index in [0.29, 0.717) is 11.3 Å². The van der Waals surface area contributed by atoms with Crippen LogP contribution < -0.4 is 5.56 Å². The largest absolute Gasteiger partial charge is 0.465 e. The summed E-state index contributed by atoms with van der Waals surface area (Å²) in [6.07, 6.45) is 0. The molecule has 0 aromatic carbocycles. The Morgan fingerprint density at radius 3 is 2.79 bits per heavy atom. The Balaban J connectivity index is 2.58. The van der Waals surface area contributed by atoms with Crippen LogP contribution in [0.1, 0.15) is 12.5 Å².